The van der Waals surface area contributed by atoms with Crippen molar-refractivity contribution in [1.82, 2.24) is 10.6 Å². The van der Waals surface area contributed by atoms with E-state index in [2.05, 4.69) is 10.6 Å². The molecular formula is C16H27N3O2. The molecule has 0 radical (unpaired) electrons. The lowest BCUT2D eigenvalue weighted by Crippen LogP contribution is -2.37. The maximum Gasteiger partial charge on any atom is 0.315 e. The highest BCUT2D eigenvalue weighted by molar-refractivity contribution is 5.73. The number of hydrogen-bond donors (Lipinski definition) is 3. The van der Waals surface area contributed by atoms with Crippen LogP contribution in [0.3, 0.4) is 0 Å². The van der Waals surface area contributed by atoms with Crippen LogP contribution in [-0.4, -0.2) is 37.9 Å². The molecule has 1 rings (SSSR count). The van der Waals surface area contributed by atoms with E-state index in [-0.39, 0.29) is 18.1 Å². The van der Waals surface area contributed by atoms with Gasteiger partial charge in [0.15, 0.2) is 0 Å². The lowest BCUT2D eigenvalue weighted by molar-refractivity contribution is 0.116. The van der Waals surface area contributed by atoms with E-state index in [1.165, 1.54) is 0 Å². The zero-order valence-corrected chi connectivity index (χ0v) is 13.4. The van der Waals surface area contributed by atoms with Gasteiger partial charge in [0.25, 0.3) is 0 Å². The van der Waals surface area contributed by atoms with Crippen molar-refractivity contribution in [2.24, 2.45) is 5.92 Å². The Hall–Kier alpha value is -1.75. The van der Waals surface area contributed by atoms with Crippen molar-refractivity contribution in [3.05, 3.63) is 29.8 Å². The number of hydrogen-bond acceptors (Lipinski definition) is 3. The lowest BCUT2D eigenvalue weighted by Gasteiger charge is -2.15. The number of anilines is 1. The molecule has 0 aromatic heterocycles. The van der Waals surface area contributed by atoms with Gasteiger partial charge in [-0.25, -0.2) is 4.79 Å². The number of nitrogens with zero attached hydrogens (tertiary/aromatic N) is 1. The topological polar surface area (TPSA) is 64.6 Å². The molecule has 0 aliphatic rings. The Bertz CT molecular complexity index is 430. The monoisotopic (exact) mass is 293 g/mol. The smallest absolute Gasteiger partial charge is 0.315 e. The van der Waals surface area contributed by atoms with Crippen LogP contribution in [0.2, 0.25) is 0 Å². The number of amides is 2. The van der Waals surface area contributed by atoms with E-state index in [0.29, 0.717) is 19.5 Å². The van der Waals surface area contributed by atoms with Crippen LogP contribution in [0.4, 0.5) is 10.5 Å². The van der Waals surface area contributed by atoms with E-state index in [0.717, 1.165) is 11.3 Å². The van der Waals surface area contributed by atoms with Gasteiger partial charge in [0.2, 0.25) is 0 Å². The summed E-state index contributed by atoms with van der Waals surface area (Å²) in [5.41, 5.74) is 2.18. The van der Waals surface area contributed by atoms with Gasteiger partial charge in [0.1, 0.15) is 0 Å². The first kappa shape index (κ1) is 17.3. The van der Waals surface area contributed by atoms with E-state index >= 15 is 0 Å². The van der Waals surface area contributed by atoms with Gasteiger partial charge < -0.3 is 20.6 Å². The van der Waals surface area contributed by atoms with Crippen molar-refractivity contribution in [3.63, 3.8) is 0 Å². The first-order valence-electron chi connectivity index (χ1n) is 7.36. The minimum absolute atomic E-state index is 0.206. The molecular weight excluding hydrogens is 266 g/mol. The highest BCUT2D eigenvalue weighted by atomic mass is 16.3. The fourth-order valence-corrected chi connectivity index (χ4v) is 1.82. The summed E-state index contributed by atoms with van der Waals surface area (Å²) in [7, 11) is 3.98. The summed E-state index contributed by atoms with van der Waals surface area (Å²) in [6.45, 7) is 4.89. The third kappa shape index (κ3) is 6.49. The molecule has 0 heterocycles. The number of rotatable bonds is 7. The Labute approximate surface area is 127 Å². The number of benzene rings is 1. The zero-order valence-electron chi connectivity index (χ0n) is 13.4. The fourth-order valence-electron chi connectivity index (χ4n) is 1.82. The minimum Gasteiger partial charge on any atom is -0.393 e. The van der Waals surface area contributed by atoms with Crippen LogP contribution in [0.15, 0.2) is 24.3 Å². The quantitative estimate of drug-likeness (QED) is 0.720. The second-order valence-electron chi connectivity index (χ2n) is 5.77. The number of carbonyl (C=O) groups excluding carboxylic acids is 1. The van der Waals surface area contributed by atoms with E-state index in [1.54, 1.807) is 0 Å². The van der Waals surface area contributed by atoms with Crippen molar-refractivity contribution in [3.8, 4) is 0 Å². The fraction of sp³-hybridized carbons (Fsp3) is 0.562. The van der Waals surface area contributed by atoms with Crippen molar-refractivity contribution >= 4 is 11.7 Å². The maximum atomic E-state index is 11.6. The third-order valence-corrected chi connectivity index (χ3v) is 3.40. The molecule has 118 valence electrons. The van der Waals surface area contributed by atoms with E-state index in [4.69, 9.17) is 0 Å². The molecule has 2 amide bonds. The zero-order chi connectivity index (χ0) is 15.8. The van der Waals surface area contributed by atoms with Crippen molar-refractivity contribution in [2.45, 2.75) is 32.9 Å². The molecule has 0 spiro atoms. The molecule has 0 aliphatic carbocycles. The molecule has 5 nitrogen and oxygen atoms in total. The third-order valence-electron chi connectivity index (χ3n) is 3.40. The van der Waals surface area contributed by atoms with Crippen LogP contribution < -0.4 is 15.5 Å². The summed E-state index contributed by atoms with van der Waals surface area (Å²) in [5.74, 6) is 0.213. The minimum atomic E-state index is -0.371. The van der Waals surface area contributed by atoms with Crippen molar-refractivity contribution in [2.75, 3.05) is 25.5 Å². The number of nitrogens with one attached hydrogen (secondary N) is 2. The Morgan fingerprint density at radius 2 is 1.81 bits per heavy atom. The van der Waals surface area contributed by atoms with Gasteiger partial charge in [-0.3, -0.25) is 0 Å². The molecule has 0 saturated heterocycles. The first-order valence-corrected chi connectivity index (χ1v) is 7.36. The standard InChI is InChI=1S/C16H27N3O2/c1-12(2)15(20)9-10-17-16(21)18-11-13-5-7-14(8-6-13)19(3)4/h5-8,12,15,20H,9-11H2,1-4H3,(H2,17,18,21). The van der Waals surface area contributed by atoms with Crippen LogP contribution in [0.5, 0.6) is 0 Å². The SMILES string of the molecule is CC(C)C(O)CCNC(=O)NCc1ccc(N(C)C)cc1. The molecule has 0 bridgehead atoms. The summed E-state index contributed by atoms with van der Waals surface area (Å²) in [4.78, 5) is 13.7. The summed E-state index contributed by atoms with van der Waals surface area (Å²) in [5, 5.41) is 15.2. The predicted octanol–water partition coefficient (Wildman–Crippen LogP) is 1.96. The van der Waals surface area contributed by atoms with Gasteiger partial charge in [-0.15, -0.1) is 0 Å². The number of aliphatic hydroxyl groups excluding tert-OH is 1. The Balaban J connectivity index is 2.26. The Kier molecular flexibility index (Phi) is 7.02. The average molecular weight is 293 g/mol. The van der Waals surface area contributed by atoms with Crippen molar-refractivity contribution in [1.29, 1.82) is 0 Å². The number of carbonyl (C=O) groups is 1. The molecule has 5 heteroatoms. The molecule has 3 N–H and O–H groups in total. The second kappa shape index (κ2) is 8.52. The summed E-state index contributed by atoms with van der Waals surface area (Å²) >= 11 is 0. The second-order valence-corrected chi connectivity index (χ2v) is 5.77. The largest absolute Gasteiger partial charge is 0.393 e. The molecule has 0 fully saturated rings. The van der Waals surface area contributed by atoms with E-state index in [9.17, 15) is 9.90 Å². The van der Waals surface area contributed by atoms with E-state index in [1.807, 2.05) is 57.1 Å². The highest BCUT2D eigenvalue weighted by Gasteiger charge is 2.09. The van der Waals surface area contributed by atoms with Crippen molar-refractivity contribution < 1.29 is 9.90 Å². The van der Waals surface area contributed by atoms with Gasteiger partial charge >= 0.3 is 6.03 Å². The maximum absolute atomic E-state index is 11.6. The van der Waals surface area contributed by atoms with Gasteiger partial charge in [-0.1, -0.05) is 26.0 Å². The average Bonchev–Trinajstić information content (AvgIpc) is 2.45. The van der Waals surface area contributed by atoms with E-state index < -0.39 is 0 Å². The van der Waals surface area contributed by atoms with Gasteiger partial charge in [-0.2, -0.15) is 0 Å². The van der Waals surface area contributed by atoms with Crippen LogP contribution in [0.1, 0.15) is 25.8 Å². The molecule has 1 atom stereocenters. The predicted molar refractivity (Wildman–Crippen MR) is 86.5 cm³/mol. The lowest BCUT2D eigenvalue weighted by atomic mass is 10.0. The molecule has 1 aromatic rings. The van der Waals surface area contributed by atoms with Crippen LogP contribution in [0, 0.1) is 5.92 Å². The molecule has 0 aliphatic heterocycles. The molecule has 1 aromatic carbocycles. The first-order chi connectivity index (χ1) is 9.90. The number of aliphatic hydroxyl groups is 1. The van der Waals surface area contributed by atoms with Gasteiger partial charge in [0, 0.05) is 32.9 Å². The Morgan fingerprint density at radius 1 is 1.19 bits per heavy atom. The Morgan fingerprint density at radius 3 is 2.33 bits per heavy atom. The molecule has 0 saturated carbocycles. The van der Waals surface area contributed by atoms with Crippen LogP contribution >= 0.6 is 0 Å². The van der Waals surface area contributed by atoms with Crippen LogP contribution in [0.25, 0.3) is 0 Å². The summed E-state index contributed by atoms with van der Waals surface area (Å²) < 4.78 is 0. The van der Waals surface area contributed by atoms with Gasteiger partial charge in [-0.05, 0) is 30.0 Å². The highest BCUT2D eigenvalue weighted by Crippen LogP contribution is 2.11. The van der Waals surface area contributed by atoms with Crippen LogP contribution in [-0.2, 0) is 6.54 Å². The van der Waals surface area contributed by atoms with Gasteiger partial charge in [0.05, 0.1) is 6.10 Å². The summed E-state index contributed by atoms with van der Waals surface area (Å²) in [6, 6.07) is 7.83. The number of urea groups is 1. The summed E-state index contributed by atoms with van der Waals surface area (Å²) in [6.07, 6.45) is 0.201. The molecule has 21 heavy (non-hydrogen) atoms. The molecule has 1 unspecified atom stereocenters. The normalized spacial score (nSPS) is 12.1.